The predicted molar refractivity (Wildman–Crippen MR) is 68.8 cm³/mol. The Labute approximate surface area is 103 Å². The number of aliphatic carboxylic acids is 1. The van der Waals surface area contributed by atoms with Gasteiger partial charge in [0.15, 0.2) is 0 Å². The van der Waals surface area contributed by atoms with E-state index in [4.69, 9.17) is 0 Å². The fraction of sp³-hybridized carbons (Fsp3) is 0.500. The Hall–Kier alpha value is -1.35. The zero-order valence-corrected chi connectivity index (χ0v) is 10.6. The van der Waals surface area contributed by atoms with E-state index in [1.54, 1.807) is 6.92 Å². The molecule has 0 heterocycles. The fourth-order valence-corrected chi connectivity index (χ4v) is 1.69. The zero-order chi connectivity index (χ0) is 12.7. The molecule has 3 nitrogen and oxygen atoms in total. The molecule has 1 unspecified atom stereocenters. The predicted octanol–water partition coefficient (Wildman–Crippen LogP) is 2.81. The Morgan fingerprint density at radius 3 is 2.53 bits per heavy atom. The van der Waals surface area contributed by atoms with Crippen molar-refractivity contribution in [3.63, 3.8) is 0 Å². The number of carboxylic acid groups (broad SMARTS) is 1. The van der Waals surface area contributed by atoms with Crippen LogP contribution >= 0.6 is 0 Å². The van der Waals surface area contributed by atoms with Crippen molar-refractivity contribution in [1.29, 1.82) is 0 Å². The molecule has 94 valence electrons. The van der Waals surface area contributed by atoms with Crippen molar-refractivity contribution in [3.05, 3.63) is 35.9 Å². The van der Waals surface area contributed by atoms with Gasteiger partial charge in [0.2, 0.25) is 0 Å². The number of carboxylic acids is 1. The number of hydrogen-bond donors (Lipinski definition) is 2. The molecule has 2 N–H and O–H groups in total. The number of nitrogens with one attached hydrogen (secondary N) is 1. The van der Waals surface area contributed by atoms with Gasteiger partial charge in [-0.3, -0.25) is 10.1 Å². The van der Waals surface area contributed by atoms with Gasteiger partial charge in [0, 0.05) is 6.54 Å². The Bertz CT molecular complexity index is 350. The van der Waals surface area contributed by atoms with Crippen LogP contribution < -0.4 is 5.32 Å². The summed E-state index contributed by atoms with van der Waals surface area (Å²) in [6.07, 6.45) is 2.59. The molecule has 1 aromatic rings. The topological polar surface area (TPSA) is 49.3 Å². The maximum Gasteiger partial charge on any atom is 0.323 e. The quantitative estimate of drug-likeness (QED) is 0.764. The maximum atomic E-state index is 11.3. The number of unbranched alkanes of at least 4 members (excludes halogenated alkanes) is 1. The van der Waals surface area contributed by atoms with Crippen molar-refractivity contribution in [2.24, 2.45) is 0 Å². The van der Waals surface area contributed by atoms with Gasteiger partial charge < -0.3 is 5.11 Å². The lowest BCUT2D eigenvalue weighted by Gasteiger charge is -2.26. The average Bonchev–Trinajstić information content (AvgIpc) is 2.35. The summed E-state index contributed by atoms with van der Waals surface area (Å²) in [6, 6.07) is 9.86. The van der Waals surface area contributed by atoms with E-state index in [-0.39, 0.29) is 0 Å². The van der Waals surface area contributed by atoms with Crippen LogP contribution in [0.2, 0.25) is 0 Å². The minimum absolute atomic E-state index is 0.591. The van der Waals surface area contributed by atoms with Crippen LogP contribution in [0.3, 0.4) is 0 Å². The Balaban J connectivity index is 2.58. The molecule has 0 fully saturated rings. The van der Waals surface area contributed by atoms with Crippen molar-refractivity contribution in [2.75, 3.05) is 0 Å². The third-order valence-corrected chi connectivity index (χ3v) is 3.03. The number of rotatable bonds is 7. The van der Waals surface area contributed by atoms with Gasteiger partial charge in [0.25, 0.3) is 0 Å². The second-order valence-corrected chi connectivity index (χ2v) is 4.58. The molecule has 0 saturated heterocycles. The van der Waals surface area contributed by atoms with Gasteiger partial charge in [0.1, 0.15) is 5.54 Å². The Kier molecular flexibility index (Phi) is 5.16. The summed E-state index contributed by atoms with van der Waals surface area (Å²) in [7, 11) is 0. The van der Waals surface area contributed by atoms with Gasteiger partial charge in [-0.25, -0.2) is 0 Å². The highest BCUT2D eigenvalue weighted by molar-refractivity contribution is 5.78. The summed E-state index contributed by atoms with van der Waals surface area (Å²) in [5.41, 5.74) is 0.280. The van der Waals surface area contributed by atoms with Crippen molar-refractivity contribution in [1.82, 2.24) is 5.32 Å². The summed E-state index contributed by atoms with van der Waals surface area (Å²) in [5.74, 6) is -0.776. The van der Waals surface area contributed by atoms with E-state index in [9.17, 15) is 9.90 Å². The highest BCUT2D eigenvalue weighted by Crippen LogP contribution is 2.15. The van der Waals surface area contributed by atoms with Crippen LogP contribution in [0.1, 0.15) is 38.7 Å². The average molecular weight is 235 g/mol. The van der Waals surface area contributed by atoms with Crippen LogP contribution in [-0.4, -0.2) is 16.6 Å². The Morgan fingerprint density at radius 2 is 2.00 bits per heavy atom. The first kappa shape index (κ1) is 13.7. The molecule has 0 aliphatic carbocycles. The third-order valence-electron chi connectivity index (χ3n) is 3.03. The zero-order valence-electron chi connectivity index (χ0n) is 10.6. The molecule has 0 bridgehead atoms. The highest BCUT2D eigenvalue weighted by atomic mass is 16.4. The van der Waals surface area contributed by atoms with Gasteiger partial charge in [0.05, 0.1) is 0 Å². The summed E-state index contributed by atoms with van der Waals surface area (Å²) in [6.45, 7) is 4.42. The number of hydrogen-bond acceptors (Lipinski definition) is 2. The van der Waals surface area contributed by atoms with Crippen LogP contribution in [0.5, 0.6) is 0 Å². The smallest absolute Gasteiger partial charge is 0.323 e. The molecule has 1 atom stereocenters. The largest absolute Gasteiger partial charge is 0.480 e. The van der Waals surface area contributed by atoms with E-state index in [1.807, 2.05) is 30.3 Å². The summed E-state index contributed by atoms with van der Waals surface area (Å²) in [4.78, 5) is 11.3. The summed E-state index contributed by atoms with van der Waals surface area (Å²) in [5, 5.41) is 12.4. The molecule has 0 aliphatic rings. The molecule has 0 amide bonds. The number of carbonyl (C=O) groups is 1. The van der Waals surface area contributed by atoms with E-state index in [0.29, 0.717) is 13.0 Å². The minimum atomic E-state index is -0.828. The second-order valence-electron chi connectivity index (χ2n) is 4.58. The molecule has 0 saturated carbocycles. The van der Waals surface area contributed by atoms with E-state index in [0.717, 1.165) is 18.4 Å². The molecule has 0 radical (unpaired) electrons. The van der Waals surface area contributed by atoms with Crippen LogP contribution in [0.25, 0.3) is 0 Å². The summed E-state index contributed by atoms with van der Waals surface area (Å²) < 4.78 is 0. The lowest BCUT2D eigenvalue weighted by Crippen LogP contribution is -2.49. The van der Waals surface area contributed by atoms with Crippen LogP contribution in [0, 0.1) is 0 Å². The first-order valence-electron chi connectivity index (χ1n) is 6.11. The lowest BCUT2D eigenvalue weighted by molar-refractivity contribution is -0.144. The first-order chi connectivity index (χ1) is 8.08. The fourth-order valence-electron chi connectivity index (χ4n) is 1.69. The molecule has 1 rings (SSSR count). The molecular formula is C14H21NO2. The van der Waals surface area contributed by atoms with Gasteiger partial charge in [-0.1, -0.05) is 50.1 Å². The van der Waals surface area contributed by atoms with Gasteiger partial charge >= 0.3 is 5.97 Å². The molecule has 3 heteroatoms. The molecule has 17 heavy (non-hydrogen) atoms. The van der Waals surface area contributed by atoms with Crippen LogP contribution in [0.4, 0.5) is 0 Å². The van der Waals surface area contributed by atoms with Crippen LogP contribution in [-0.2, 0) is 11.3 Å². The van der Waals surface area contributed by atoms with Crippen molar-refractivity contribution in [2.45, 2.75) is 45.2 Å². The highest BCUT2D eigenvalue weighted by Gasteiger charge is 2.31. The molecule has 1 aromatic carbocycles. The maximum absolute atomic E-state index is 11.3. The standard InChI is InChI=1S/C14H21NO2/c1-3-4-10-14(2,13(16)17)15-11-12-8-6-5-7-9-12/h5-9,15H,3-4,10-11H2,1-2H3,(H,16,17). The van der Waals surface area contributed by atoms with Crippen molar-refractivity contribution in [3.8, 4) is 0 Å². The van der Waals surface area contributed by atoms with Crippen molar-refractivity contribution >= 4 is 5.97 Å². The third kappa shape index (κ3) is 4.19. The van der Waals surface area contributed by atoms with Gasteiger partial charge in [-0.05, 0) is 18.9 Å². The monoisotopic (exact) mass is 235 g/mol. The van der Waals surface area contributed by atoms with Crippen molar-refractivity contribution < 1.29 is 9.90 Å². The first-order valence-corrected chi connectivity index (χ1v) is 6.11. The second kappa shape index (κ2) is 6.40. The van der Waals surface area contributed by atoms with Gasteiger partial charge in [-0.2, -0.15) is 0 Å². The minimum Gasteiger partial charge on any atom is -0.480 e. The number of benzene rings is 1. The summed E-state index contributed by atoms with van der Waals surface area (Å²) >= 11 is 0. The van der Waals surface area contributed by atoms with E-state index < -0.39 is 11.5 Å². The van der Waals surface area contributed by atoms with E-state index in [2.05, 4.69) is 12.2 Å². The lowest BCUT2D eigenvalue weighted by atomic mass is 9.94. The molecule has 0 aliphatic heterocycles. The van der Waals surface area contributed by atoms with E-state index in [1.165, 1.54) is 0 Å². The Morgan fingerprint density at radius 1 is 1.35 bits per heavy atom. The normalized spacial score (nSPS) is 14.2. The molecule has 0 aromatic heterocycles. The van der Waals surface area contributed by atoms with E-state index >= 15 is 0 Å². The molecular weight excluding hydrogens is 214 g/mol. The van der Waals surface area contributed by atoms with Gasteiger partial charge in [-0.15, -0.1) is 0 Å². The van der Waals surface area contributed by atoms with Crippen LogP contribution in [0.15, 0.2) is 30.3 Å². The SMILES string of the molecule is CCCCC(C)(NCc1ccccc1)C(=O)O. The molecule has 0 spiro atoms.